The maximum absolute atomic E-state index is 2.59. The molecule has 130 valence electrons. The zero-order valence-corrected chi connectivity index (χ0v) is 16.2. The Kier molecular flexibility index (Phi) is 6.36. The van der Waals surface area contributed by atoms with Gasteiger partial charge in [-0.1, -0.05) is 34.6 Å². The maximum atomic E-state index is 2.59. The molecular formula is C20H40N2. The smallest absolute Gasteiger partial charge is 0.000969 e. The lowest BCUT2D eigenvalue weighted by Gasteiger charge is -2.47. The molecule has 0 saturated carbocycles. The van der Waals surface area contributed by atoms with Gasteiger partial charge in [0, 0.05) is 19.6 Å². The highest BCUT2D eigenvalue weighted by atomic mass is 15.1. The molecule has 0 radical (unpaired) electrons. The highest BCUT2D eigenvalue weighted by molar-refractivity contribution is 4.90. The molecule has 2 saturated heterocycles. The second-order valence-electron chi connectivity index (χ2n) is 9.23. The van der Waals surface area contributed by atoms with E-state index in [9.17, 15) is 0 Å². The predicted octanol–water partition coefficient (Wildman–Crippen LogP) is 4.07. The first-order valence-corrected chi connectivity index (χ1v) is 9.66. The minimum absolute atomic E-state index is 0.826. The molecule has 0 bridgehead atoms. The van der Waals surface area contributed by atoms with Crippen molar-refractivity contribution in [2.24, 2.45) is 41.4 Å². The minimum Gasteiger partial charge on any atom is -0.306 e. The van der Waals surface area contributed by atoms with Gasteiger partial charge in [-0.15, -0.1) is 0 Å². The third kappa shape index (κ3) is 4.26. The molecule has 0 aromatic heterocycles. The molecule has 0 aromatic rings. The summed E-state index contributed by atoms with van der Waals surface area (Å²) in [5, 5.41) is 0. The van der Waals surface area contributed by atoms with Gasteiger partial charge >= 0.3 is 0 Å². The molecule has 2 heteroatoms. The van der Waals surface area contributed by atoms with Crippen LogP contribution < -0.4 is 0 Å². The second kappa shape index (κ2) is 7.66. The van der Waals surface area contributed by atoms with Crippen molar-refractivity contribution in [2.75, 3.05) is 40.3 Å². The van der Waals surface area contributed by atoms with E-state index in [1.165, 1.54) is 39.0 Å². The van der Waals surface area contributed by atoms with Crippen LogP contribution in [0.25, 0.3) is 0 Å². The molecule has 2 rings (SSSR count). The Morgan fingerprint density at radius 2 is 1.50 bits per heavy atom. The van der Waals surface area contributed by atoms with Crippen LogP contribution in [0.1, 0.15) is 47.5 Å². The average molecular weight is 309 g/mol. The number of piperidine rings is 2. The Balaban J connectivity index is 2.10. The monoisotopic (exact) mass is 308 g/mol. The fourth-order valence-corrected chi connectivity index (χ4v) is 5.86. The number of likely N-dealkylation sites (tertiary alicyclic amines) is 2. The molecule has 2 aliphatic heterocycles. The summed E-state index contributed by atoms with van der Waals surface area (Å²) >= 11 is 0. The zero-order chi connectivity index (χ0) is 16.4. The van der Waals surface area contributed by atoms with Crippen molar-refractivity contribution in [3.05, 3.63) is 0 Å². The van der Waals surface area contributed by atoms with E-state index in [1.807, 2.05) is 0 Å². The normalized spacial score (nSPS) is 38.9. The summed E-state index contributed by atoms with van der Waals surface area (Å²) in [4.78, 5) is 5.16. The van der Waals surface area contributed by atoms with Gasteiger partial charge in [-0.25, -0.2) is 0 Å². The summed E-state index contributed by atoms with van der Waals surface area (Å²) in [5.74, 6) is 6.17. The molecule has 3 unspecified atom stereocenters. The van der Waals surface area contributed by atoms with Crippen molar-refractivity contribution in [3.8, 4) is 0 Å². The Hall–Kier alpha value is -0.0800. The van der Waals surface area contributed by atoms with Crippen LogP contribution in [0.2, 0.25) is 0 Å². The van der Waals surface area contributed by atoms with Gasteiger partial charge in [-0.2, -0.15) is 0 Å². The molecule has 0 amide bonds. The summed E-state index contributed by atoms with van der Waals surface area (Å²) < 4.78 is 0. The van der Waals surface area contributed by atoms with Gasteiger partial charge in [-0.3, -0.25) is 0 Å². The van der Waals surface area contributed by atoms with E-state index in [0.717, 1.165) is 41.4 Å². The third-order valence-electron chi connectivity index (χ3n) is 6.57. The molecule has 2 nitrogen and oxygen atoms in total. The van der Waals surface area contributed by atoms with Crippen molar-refractivity contribution in [1.29, 1.82) is 0 Å². The Morgan fingerprint density at radius 1 is 0.864 bits per heavy atom. The fraction of sp³-hybridized carbons (Fsp3) is 1.00. The molecule has 0 aliphatic carbocycles. The second-order valence-corrected chi connectivity index (χ2v) is 9.23. The summed E-state index contributed by atoms with van der Waals surface area (Å²) in [6.45, 7) is 17.5. The van der Waals surface area contributed by atoms with E-state index in [2.05, 4.69) is 58.5 Å². The van der Waals surface area contributed by atoms with E-state index in [-0.39, 0.29) is 0 Å². The van der Waals surface area contributed by atoms with Gasteiger partial charge in [0.05, 0.1) is 0 Å². The van der Waals surface area contributed by atoms with E-state index in [4.69, 9.17) is 0 Å². The van der Waals surface area contributed by atoms with Crippen LogP contribution in [0.3, 0.4) is 0 Å². The SMILES string of the molecule is CC(C)C1CCN(C)C[C@H]1CC1CN(C)C[C@H](C)C1C(C)C. The lowest BCUT2D eigenvalue weighted by molar-refractivity contribution is 0.0164. The molecule has 5 atom stereocenters. The van der Waals surface area contributed by atoms with E-state index >= 15 is 0 Å². The first kappa shape index (κ1) is 18.3. The topological polar surface area (TPSA) is 6.48 Å². The molecule has 0 N–H and O–H groups in total. The molecule has 0 aromatic carbocycles. The number of hydrogen-bond acceptors (Lipinski definition) is 2. The zero-order valence-electron chi connectivity index (χ0n) is 16.2. The van der Waals surface area contributed by atoms with Crippen LogP contribution in [-0.2, 0) is 0 Å². The highest BCUT2D eigenvalue weighted by Gasteiger charge is 2.39. The van der Waals surface area contributed by atoms with E-state index in [0.29, 0.717) is 0 Å². The fourth-order valence-electron chi connectivity index (χ4n) is 5.86. The number of nitrogens with zero attached hydrogens (tertiary/aromatic N) is 2. The quantitative estimate of drug-likeness (QED) is 0.772. The molecule has 2 heterocycles. The van der Waals surface area contributed by atoms with Crippen molar-refractivity contribution in [2.45, 2.75) is 47.5 Å². The largest absolute Gasteiger partial charge is 0.306 e. The van der Waals surface area contributed by atoms with Gasteiger partial charge in [-0.05, 0) is 74.9 Å². The van der Waals surface area contributed by atoms with Gasteiger partial charge in [0.15, 0.2) is 0 Å². The Bertz CT molecular complexity index is 339. The predicted molar refractivity (Wildman–Crippen MR) is 97.0 cm³/mol. The molecule has 2 aliphatic rings. The third-order valence-corrected chi connectivity index (χ3v) is 6.57. The summed E-state index contributed by atoms with van der Waals surface area (Å²) in [7, 11) is 4.64. The van der Waals surface area contributed by atoms with Crippen LogP contribution in [0.15, 0.2) is 0 Å². The van der Waals surface area contributed by atoms with Crippen LogP contribution in [0, 0.1) is 41.4 Å². The van der Waals surface area contributed by atoms with Crippen LogP contribution >= 0.6 is 0 Å². The average Bonchev–Trinajstić information content (AvgIpc) is 2.36. The van der Waals surface area contributed by atoms with Crippen molar-refractivity contribution in [1.82, 2.24) is 9.80 Å². The number of rotatable bonds is 4. The van der Waals surface area contributed by atoms with Gasteiger partial charge < -0.3 is 9.80 Å². The summed E-state index contributed by atoms with van der Waals surface area (Å²) in [6, 6.07) is 0. The standard InChI is InChI=1S/C20H40N2/c1-14(2)19-8-9-21(6)12-17(19)10-18-13-22(7)11-16(5)20(18)15(3)4/h14-20H,8-13H2,1-7H3/t16-,17+,18?,19?,20?/m0/s1. The first-order valence-electron chi connectivity index (χ1n) is 9.66. The van der Waals surface area contributed by atoms with Crippen molar-refractivity contribution >= 4 is 0 Å². The molecule has 2 fully saturated rings. The Labute approximate surface area is 139 Å². The summed E-state index contributed by atoms with van der Waals surface area (Å²) in [6.07, 6.45) is 2.86. The minimum atomic E-state index is 0.826. The number of hydrogen-bond donors (Lipinski definition) is 0. The van der Waals surface area contributed by atoms with Gasteiger partial charge in [0.2, 0.25) is 0 Å². The van der Waals surface area contributed by atoms with Crippen molar-refractivity contribution in [3.63, 3.8) is 0 Å². The first-order chi connectivity index (χ1) is 10.3. The maximum Gasteiger partial charge on any atom is 0.000969 e. The molecular weight excluding hydrogens is 268 g/mol. The van der Waals surface area contributed by atoms with Crippen molar-refractivity contribution < 1.29 is 0 Å². The van der Waals surface area contributed by atoms with Crippen LogP contribution in [-0.4, -0.2) is 50.1 Å². The molecule has 22 heavy (non-hydrogen) atoms. The Morgan fingerprint density at radius 3 is 2.09 bits per heavy atom. The van der Waals surface area contributed by atoms with E-state index in [1.54, 1.807) is 0 Å². The van der Waals surface area contributed by atoms with Gasteiger partial charge in [0.1, 0.15) is 0 Å². The van der Waals surface area contributed by atoms with Gasteiger partial charge in [0.25, 0.3) is 0 Å². The highest BCUT2D eigenvalue weighted by Crippen LogP contribution is 2.41. The van der Waals surface area contributed by atoms with E-state index < -0.39 is 0 Å². The summed E-state index contributed by atoms with van der Waals surface area (Å²) in [5.41, 5.74) is 0. The lowest BCUT2D eigenvalue weighted by Crippen LogP contribution is -2.48. The van der Waals surface area contributed by atoms with Crippen LogP contribution in [0.4, 0.5) is 0 Å². The lowest BCUT2D eigenvalue weighted by atomic mass is 9.66. The molecule has 0 spiro atoms. The van der Waals surface area contributed by atoms with Crippen LogP contribution in [0.5, 0.6) is 0 Å².